The summed E-state index contributed by atoms with van der Waals surface area (Å²) in [5.41, 5.74) is 2.53. The molecular formula is C18H20ClN3O2S. The number of para-hydroxylation sites is 1. The Morgan fingerprint density at radius 3 is 2.52 bits per heavy atom. The molecule has 0 amide bonds. The van der Waals surface area contributed by atoms with Gasteiger partial charge in [0.15, 0.2) is 0 Å². The molecule has 1 aromatic heterocycles. The van der Waals surface area contributed by atoms with Crippen LogP contribution < -0.4 is 5.32 Å². The molecule has 1 saturated heterocycles. The molecule has 1 aliphatic heterocycles. The molecule has 0 aliphatic carbocycles. The Bertz CT molecular complexity index is 991. The largest absolute Gasteiger partial charge is 0.316 e. The van der Waals surface area contributed by atoms with E-state index >= 15 is 0 Å². The second-order valence-electron chi connectivity index (χ2n) is 6.25. The minimum Gasteiger partial charge on any atom is -0.316 e. The molecule has 0 bridgehead atoms. The average Bonchev–Trinajstić information content (AvgIpc) is 3.23. The zero-order valence-corrected chi connectivity index (χ0v) is 15.5. The maximum atomic E-state index is 13.1. The smallest absolute Gasteiger partial charge is 0.283 e. The Morgan fingerprint density at radius 2 is 1.84 bits per heavy atom. The van der Waals surface area contributed by atoms with Gasteiger partial charge in [-0.05, 0) is 38.1 Å². The molecule has 2 aromatic carbocycles. The molecule has 0 radical (unpaired) electrons. The first kappa shape index (κ1) is 17.9. The second kappa shape index (κ2) is 6.78. The molecule has 1 fully saturated rings. The molecule has 1 unspecified atom stereocenters. The highest BCUT2D eigenvalue weighted by Crippen LogP contribution is 2.30. The highest BCUT2D eigenvalue weighted by Gasteiger charge is 2.27. The fourth-order valence-electron chi connectivity index (χ4n) is 3.25. The van der Waals surface area contributed by atoms with Crippen LogP contribution in [0.15, 0.2) is 53.4 Å². The van der Waals surface area contributed by atoms with Crippen LogP contribution in [-0.2, 0) is 10.0 Å². The third kappa shape index (κ3) is 3.05. The number of nitrogens with zero attached hydrogens (tertiary/aromatic N) is 2. The predicted molar refractivity (Wildman–Crippen MR) is 101 cm³/mol. The van der Waals surface area contributed by atoms with Crippen LogP contribution in [0.5, 0.6) is 0 Å². The Kier molecular flexibility index (Phi) is 4.86. The molecular weight excluding hydrogens is 358 g/mol. The van der Waals surface area contributed by atoms with E-state index in [9.17, 15) is 8.42 Å². The molecule has 132 valence electrons. The predicted octanol–water partition coefficient (Wildman–Crippen LogP) is 3.08. The summed E-state index contributed by atoms with van der Waals surface area (Å²) >= 11 is 0. The molecule has 5 nitrogen and oxygen atoms in total. The van der Waals surface area contributed by atoms with Crippen molar-refractivity contribution < 1.29 is 8.42 Å². The highest BCUT2D eigenvalue weighted by atomic mass is 35.5. The van der Waals surface area contributed by atoms with Gasteiger partial charge in [0, 0.05) is 17.8 Å². The minimum atomic E-state index is -3.71. The summed E-state index contributed by atoms with van der Waals surface area (Å²) < 4.78 is 27.3. The first-order chi connectivity index (χ1) is 11.6. The van der Waals surface area contributed by atoms with Gasteiger partial charge in [-0.1, -0.05) is 35.9 Å². The van der Waals surface area contributed by atoms with Crippen molar-refractivity contribution in [3.05, 3.63) is 59.8 Å². The van der Waals surface area contributed by atoms with E-state index in [4.69, 9.17) is 0 Å². The molecule has 1 atom stereocenters. The van der Waals surface area contributed by atoms with Gasteiger partial charge in [-0.25, -0.2) is 0 Å². The van der Waals surface area contributed by atoms with Crippen molar-refractivity contribution in [2.45, 2.75) is 24.2 Å². The van der Waals surface area contributed by atoms with E-state index < -0.39 is 10.0 Å². The fourth-order valence-corrected chi connectivity index (χ4v) is 4.54. The zero-order valence-electron chi connectivity index (χ0n) is 13.8. The monoisotopic (exact) mass is 377 g/mol. The number of fused-ring (bicyclic) bond motifs is 1. The van der Waals surface area contributed by atoms with Gasteiger partial charge in [0.1, 0.15) is 0 Å². The van der Waals surface area contributed by atoms with Crippen LogP contribution in [0.3, 0.4) is 0 Å². The van der Waals surface area contributed by atoms with Gasteiger partial charge in [-0.3, -0.25) is 0 Å². The van der Waals surface area contributed by atoms with Crippen LogP contribution in [0.2, 0.25) is 0 Å². The van der Waals surface area contributed by atoms with Crippen molar-refractivity contribution in [2.75, 3.05) is 13.1 Å². The van der Waals surface area contributed by atoms with Gasteiger partial charge < -0.3 is 5.32 Å². The number of aryl methyl sites for hydroxylation is 1. The number of halogens is 1. The van der Waals surface area contributed by atoms with E-state index in [-0.39, 0.29) is 23.2 Å². The Labute approximate surface area is 153 Å². The summed E-state index contributed by atoms with van der Waals surface area (Å²) in [4.78, 5) is 0.262. The summed E-state index contributed by atoms with van der Waals surface area (Å²) in [6.07, 6.45) is 0.978. The van der Waals surface area contributed by atoms with E-state index in [0.717, 1.165) is 36.2 Å². The zero-order chi connectivity index (χ0) is 16.7. The van der Waals surface area contributed by atoms with Gasteiger partial charge >= 0.3 is 0 Å². The number of nitrogens with one attached hydrogen (secondary N) is 1. The number of benzene rings is 2. The molecule has 1 N–H and O–H groups in total. The van der Waals surface area contributed by atoms with Crippen LogP contribution >= 0.6 is 12.4 Å². The lowest BCUT2D eigenvalue weighted by Crippen LogP contribution is -2.15. The van der Waals surface area contributed by atoms with Gasteiger partial charge in [0.05, 0.1) is 16.1 Å². The molecule has 7 heteroatoms. The first-order valence-corrected chi connectivity index (χ1v) is 9.52. The van der Waals surface area contributed by atoms with Crippen molar-refractivity contribution in [1.29, 1.82) is 0 Å². The van der Waals surface area contributed by atoms with Gasteiger partial charge in [0.2, 0.25) is 0 Å². The van der Waals surface area contributed by atoms with Crippen molar-refractivity contribution >= 4 is 33.3 Å². The Morgan fingerprint density at radius 1 is 1.12 bits per heavy atom. The molecule has 4 rings (SSSR count). The minimum absolute atomic E-state index is 0. The molecule has 3 aromatic rings. The summed E-state index contributed by atoms with van der Waals surface area (Å²) in [6.45, 7) is 3.72. The number of aromatic nitrogens is 2. The van der Waals surface area contributed by atoms with Crippen molar-refractivity contribution in [2.24, 2.45) is 0 Å². The number of hydrogen-bond donors (Lipinski definition) is 1. The van der Waals surface area contributed by atoms with Crippen LogP contribution in [0.25, 0.3) is 10.9 Å². The Balaban J connectivity index is 0.00000182. The first-order valence-electron chi connectivity index (χ1n) is 8.08. The van der Waals surface area contributed by atoms with E-state index in [1.165, 1.54) is 4.09 Å². The quantitative estimate of drug-likeness (QED) is 0.761. The lowest BCUT2D eigenvalue weighted by Gasteiger charge is -2.06. The van der Waals surface area contributed by atoms with E-state index in [1.54, 1.807) is 24.3 Å². The molecule has 2 heterocycles. The maximum absolute atomic E-state index is 13.1. The lowest BCUT2D eigenvalue weighted by atomic mass is 10.0. The molecule has 0 saturated carbocycles. The topological polar surface area (TPSA) is 64.0 Å². The summed E-state index contributed by atoms with van der Waals surface area (Å²) in [5, 5.41) is 8.77. The SMILES string of the molecule is Cc1ccc(S(=O)(=O)n2nc(C3CCNC3)c3ccccc32)cc1.Cl. The van der Waals surface area contributed by atoms with Crippen LogP contribution in [0, 0.1) is 6.92 Å². The summed E-state index contributed by atoms with van der Waals surface area (Å²) in [5.74, 6) is 0.254. The molecule has 1 aliphatic rings. The fraction of sp³-hybridized carbons (Fsp3) is 0.278. The number of hydrogen-bond acceptors (Lipinski definition) is 4. The molecule has 0 spiro atoms. The third-order valence-corrected chi connectivity index (χ3v) is 6.18. The van der Waals surface area contributed by atoms with Gasteiger partial charge in [-0.2, -0.15) is 17.6 Å². The normalized spacial score (nSPS) is 17.6. The summed E-state index contributed by atoms with van der Waals surface area (Å²) in [6, 6.07) is 14.4. The van der Waals surface area contributed by atoms with E-state index in [2.05, 4.69) is 10.4 Å². The lowest BCUT2D eigenvalue weighted by molar-refractivity contribution is 0.580. The van der Waals surface area contributed by atoms with Crippen LogP contribution in [0.1, 0.15) is 23.6 Å². The van der Waals surface area contributed by atoms with Crippen LogP contribution in [-0.4, -0.2) is 30.7 Å². The van der Waals surface area contributed by atoms with Crippen LogP contribution in [0.4, 0.5) is 0 Å². The van der Waals surface area contributed by atoms with Crippen molar-refractivity contribution in [1.82, 2.24) is 14.5 Å². The van der Waals surface area contributed by atoms with Crippen molar-refractivity contribution in [3.8, 4) is 0 Å². The van der Waals surface area contributed by atoms with Crippen molar-refractivity contribution in [3.63, 3.8) is 0 Å². The Hall–Kier alpha value is -1.89. The standard InChI is InChI=1S/C18H19N3O2S.ClH/c1-13-6-8-15(9-7-13)24(22,23)21-17-5-3-2-4-16(17)18(20-21)14-10-11-19-12-14;/h2-9,14,19H,10-12H2,1H3;1H. The van der Waals surface area contributed by atoms with Gasteiger partial charge in [-0.15, -0.1) is 12.4 Å². The third-order valence-electron chi connectivity index (χ3n) is 4.58. The molecule has 25 heavy (non-hydrogen) atoms. The van der Waals surface area contributed by atoms with E-state index in [1.807, 2.05) is 31.2 Å². The maximum Gasteiger partial charge on any atom is 0.283 e. The van der Waals surface area contributed by atoms with E-state index in [0.29, 0.717) is 5.52 Å². The summed E-state index contributed by atoms with van der Waals surface area (Å²) in [7, 11) is -3.71. The number of rotatable bonds is 3. The average molecular weight is 378 g/mol. The van der Waals surface area contributed by atoms with Gasteiger partial charge in [0.25, 0.3) is 10.0 Å². The second-order valence-corrected chi connectivity index (χ2v) is 8.02. The highest BCUT2D eigenvalue weighted by molar-refractivity contribution is 7.90.